The van der Waals surface area contributed by atoms with Crippen molar-refractivity contribution >= 4 is 11.8 Å². The number of fused-ring (bicyclic) bond motifs is 1. The van der Waals surface area contributed by atoms with Gasteiger partial charge in [-0.05, 0) is 80.0 Å². The maximum Gasteiger partial charge on any atom is 0.254 e. The van der Waals surface area contributed by atoms with Gasteiger partial charge in [0.2, 0.25) is 0 Å². The van der Waals surface area contributed by atoms with Gasteiger partial charge in [0, 0.05) is 30.3 Å². The highest BCUT2D eigenvalue weighted by Gasteiger charge is 2.35. The summed E-state index contributed by atoms with van der Waals surface area (Å²) in [5.74, 6) is 1.98. The molecule has 1 heterocycles. The number of rotatable bonds is 7. The Morgan fingerprint density at radius 1 is 0.909 bits per heavy atom. The standard InChI is InChI=1S/C27H34N2O4/c1-32-24-14-9-19(18-25(24)33-2)15-16-28-26(30)21-10-12-22(13-11-21)27(31)29-17-5-7-20-6-3-4-8-23(20)29/h9-14,18,20,23H,3-8,15-17H2,1-2H3,(H,28,30)/t20-,23-/m0/s1. The molecule has 0 unspecified atom stereocenters. The number of methoxy groups -OCH3 is 2. The number of ether oxygens (including phenoxy) is 2. The van der Waals surface area contributed by atoms with Crippen LogP contribution in [0.5, 0.6) is 11.5 Å². The number of carbonyl (C=O) groups is 2. The van der Waals surface area contributed by atoms with Gasteiger partial charge in [-0.2, -0.15) is 0 Å². The fraction of sp³-hybridized carbons (Fsp3) is 0.481. The topological polar surface area (TPSA) is 67.9 Å². The van der Waals surface area contributed by atoms with Gasteiger partial charge < -0.3 is 19.7 Å². The Balaban J connectivity index is 1.32. The first-order chi connectivity index (χ1) is 16.1. The van der Waals surface area contributed by atoms with Crippen LogP contribution in [0.4, 0.5) is 0 Å². The van der Waals surface area contributed by atoms with Crippen molar-refractivity contribution in [2.75, 3.05) is 27.3 Å². The smallest absolute Gasteiger partial charge is 0.254 e. The molecule has 2 aliphatic rings. The van der Waals surface area contributed by atoms with E-state index in [1.807, 2.05) is 18.2 Å². The van der Waals surface area contributed by atoms with Crippen molar-refractivity contribution in [3.63, 3.8) is 0 Å². The zero-order chi connectivity index (χ0) is 23.2. The molecule has 2 atom stereocenters. The molecule has 1 aliphatic heterocycles. The van der Waals surface area contributed by atoms with Crippen LogP contribution in [0.1, 0.15) is 64.8 Å². The van der Waals surface area contributed by atoms with E-state index in [2.05, 4.69) is 10.2 Å². The highest BCUT2D eigenvalue weighted by atomic mass is 16.5. The Morgan fingerprint density at radius 2 is 1.61 bits per heavy atom. The van der Waals surface area contributed by atoms with E-state index in [1.54, 1.807) is 38.5 Å². The summed E-state index contributed by atoms with van der Waals surface area (Å²) in [6, 6.07) is 13.2. The number of nitrogens with one attached hydrogen (secondary N) is 1. The molecule has 2 aromatic carbocycles. The summed E-state index contributed by atoms with van der Waals surface area (Å²) in [6.45, 7) is 1.35. The molecule has 1 N–H and O–H groups in total. The monoisotopic (exact) mass is 450 g/mol. The summed E-state index contributed by atoms with van der Waals surface area (Å²) < 4.78 is 10.6. The van der Waals surface area contributed by atoms with Crippen LogP contribution in [0.25, 0.3) is 0 Å². The Bertz CT molecular complexity index is 971. The van der Waals surface area contributed by atoms with Gasteiger partial charge in [-0.15, -0.1) is 0 Å². The average Bonchev–Trinajstić information content (AvgIpc) is 2.87. The van der Waals surface area contributed by atoms with Crippen LogP contribution in [0.3, 0.4) is 0 Å². The van der Waals surface area contributed by atoms with Gasteiger partial charge in [-0.3, -0.25) is 9.59 Å². The largest absolute Gasteiger partial charge is 0.493 e. The molecule has 1 saturated carbocycles. The molecule has 4 rings (SSSR count). The zero-order valence-corrected chi connectivity index (χ0v) is 19.6. The number of hydrogen-bond acceptors (Lipinski definition) is 4. The van der Waals surface area contributed by atoms with E-state index >= 15 is 0 Å². The summed E-state index contributed by atoms with van der Waals surface area (Å²) >= 11 is 0. The van der Waals surface area contributed by atoms with Crippen LogP contribution < -0.4 is 14.8 Å². The van der Waals surface area contributed by atoms with Gasteiger partial charge in [-0.25, -0.2) is 0 Å². The van der Waals surface area contributed by atoms with Crippen LogP contribution in [0.2, 0.25) is 0 Å². The van der Waals surface area contributed by atoms with Crippen molar-refractivity contribution in [3.05, 3.63) is 59.2 Å². The summed E-state index contributed by atoms with van der Waals surface area (Å²) in [7, 11) is 3.21. The van der Waals surface area contributed by atoms with Gasteiger partial charge in [-0.1, -0.05) is 18.9 Å². The van der Waals surface area contributed by atoms with Gasteiger partial charge in [0.25, 0.3) is 11.8 Å². The van der Waals surface area contributed by atoms with E-state index in [4.69, 9.17) is 9.47 Å². The number of hydrogen-bond donors (Lipinski definition) is 1. The lowest BCUT2D eigenvalue weighted by atomic mass is 9.78. The van der Waals surface area contributed by atoms with Crippen molar-refractivity contribution in [1.29, 1.82) is 0 Å². The van der Waals surface area contributed by atoms with Gasteiger partial charge in [0.05, 0.1) is 14.2 Å². The Morgan fingerprint density at radius 3 is 2.36 bits per heavy atom. The Hall–Kier alpha value is -3.02. The van der Waals surface area contributed by atoms with Crippen LogP contribution in [-0.4, -0.2) is 50.1 Å². The molecule has 2 fully saturated rings. The number of amides is 2. The number of nitrogens with zero attached hydrogens (tertiary/aromatic N) is 1. The second-order valence-electron chi connectivity index (χ2n) is 9.03. The number of benzene rings is 2. The fourth-order valence-corrected chi connectivity index (χ4v) is 5.27. The minimum Gasteiger partial charge on any atom is -0.493 e. The first-order valence-electron chi connectivity index (χ1n) is 12.0. The van der Waals surface area contributed by atoms with E-state index in [0.717, 1.165) is 24.9 Å². The molecule has 6 nitrogen and oxygen atoms in total. The van der Waals surface area contributed by atoms with Crippen molar-refractivity contribution in [2.45, 2.75) is 51.0 Å². The predicted molar refractivity (Wildman–Crippen MR) is 128 cm³/mol. The fourth-order valence-electron chi connectivity index (χ4n) is 5.27. The van der Waals surface area contributed by atoms with Gasteiger partial charge >= 0.3 is 0 Å². The molecule has 2 amide bonds. The summed E-state index contributed by atoms with van der Waals surface area (Å²) in [5, 5.41) is 2.96. The third-order valence-electron chi connectivity index (χ3n) is 7.05. The maximum atomic E-state index is 13.2. The van der Waals surface area contributed by atoms with Crippen molar-refractivity contribution in [3.8, 4) is 11.5 Å². The summed E-state index contributed by atoms with van der Waals surface area (Å²) in [4.78, 5) is 27.8. The molecule has 0 spiro atoms. The van der Waals surface area contributed by atoms with Crippen molar-refractivity contribution in [1.82, 2.24) is 10.2 Å². The second-order valence-corrected chi connectivity index (χ2v) is 9.03. The highest BCUT2D eigenvalue weighted by Crippen LogP contribution is 2.36. The average molecular weight is 451 g/mol. The highest BCUT2D eigenvalue weighted by molar-refractivity contribution is 5.98. The van der Waals surface area contributed by atoms with Gasteiger partial charge in [0.1, 0.15) is 0 Å². The van der Waals surface area contributed by atoms with E-state index in [1.165, 1.54) is 25.7 Å². The van der Waals surface area contributed by atoms with E-state index < -0.39 is 0 Å². The molecule has 0 aromatic heterocycles. The first kappa shape index (κ1) is 23.1. The summed E-state index contributed by atoms with van der Waals surface area (Å²) in [5.41, 5.74) is 2.28. The molecule has 1 saturated heterocycles. The molecular formula is C27H34N2O4. The van der Waals surface area contributed by atoms with Crippen LogP contribution in [-0.2, 0) is 6.42 Å². The lowest BCUT2D eigenvalue weighted by molar-refractivity contribution is 0.0390. The lowest BCUT2D eigenvalue weighted by Gasteiger charge is -2.44. The Labute approximate surface area is 196 Å². The zero-order valence-electron chi connectivity index (χ0n) is 19.6. The van der Waals surface area contributed by atoms with Crippen molar-refractivity contribution < 1.29 is 19.1 Å². The number of likely N-dealkylation sites (tertiary alicyclic amines) is 1. The minimum absolute atomic E-state index is 0.104. The Kier molecular flexibility index (Phi) is 7.53. The van der Waals surface area contributed by atoms with Crippen LogP contribution in [0, 0.1) is 5.92 Å². The minimum atomic E-state index is -0.139. The van der Waals surface area contributed by atoms with E-state index in [9.17, 15) is 9.59 Å². The molecule has 33 heavy (non-hydrogen) atoms. The summed E-state index contributed by atoms with van der Waals surface area (Å²) in [6.07, 6.45) is 7.89. The first-order valence-corrected chi connectivity index (χ1v) is 12.0. The SMILES string of the molecule is COc1ccc(CCNC(=O)c2ccc(C(=O)N3CCC[C@@H]4CCCC[C@@H]43)cc2)cc1OC. The predicted octanol–water partition coefficient (Wildman–Crippen LogP) is 4.47. The second kappa shape index (κ2) is 10.7. The molecular weight excluding hydrogens is 416 g/mol. The molecule has 1 aliphatic carbocycles. The van der Waals surface area contributed by atoms with Crippen LogP contribution >= 0.6 is 0 Å². The molecule has 176 valence electrons. The van der Waals surface area contributed by atoms with E-state index in [0.29, 0.717) is 47.6 Å². The number of carbonyl (C=O) groups excluding carboxylic acids is 2. The lowest BCUT2D eigenvalue weighted by Crippen LogP contribution is -2.49. The van der Waals surface area contributed by atoms with Gasteiger partial charge in [0.15, 0.2) is 11.5 Å². The molecule has 0 bridgehead atoms. The molecule has 2 aromatic rings. The molecule has 0 radical (unpaired) electrons. The van der Waals surface area contributed by atoms with E-state index in [-0.39, 0.29) is 11.8 Å². The normalized spacial score (nSPS) is 20.0. The quantitative estimate of drug-likeness (QED) is 0.676. The number of piperidine rings is 1. The van der Waals surface area contributed by atoms with Crippen molar-refractivity contribution in [2.24, 2.45) is 5.92 Å². The maximum absolute atomic E-state index is 13.2. The third kappa shape index (κ3) is 5.32. The van der Waals surface area contributed by atoms with Crippen LogP contribution in [0.15, 0.2) is 42.5 Å². The third-order valence-corrected chi connectivity index (χ3v) is 7.05. The molecule has 6 heteroatoms.